The average molecular weight is 404 g/mol. The minimum Gasteiger partial charge on any atom is -0.493 e. The number of nitrogens with zero attached hydrogens (tertiary/aromatic N) is 1. The molecule has 4 rings (SSSR count). The molecule has 6 nitrogen and oxygen atoms in total. The Morgan fingerprint density at radius 3 is 2.57 bits per heavy atom. The van der Waals surface area contributed by atoms with Crippen LogP contribution in [-0.4, -0.2) is 31.6 Å². The standard InChI is InChI=1S/C24H24N2O4/c1-15(2)30-20-11-10-16(12-21(20)29-3)13-25-22(27)14-26-19-9-5-7-17-6-4-8-18(23(17)19)24(26)28/h4-12,15H,13-14H2,1-3H3,(H,25,27). The Kier molecular flexibility index (Phi) is 5.31. The highest BCUT2D eigenvalue weighted by Crippen LogP contribution is 2.36. The van der Waals surface area contributed by atoms with Gasteiger partial charge in [0.2, 0.25) is 5.91 Å². The first-order chi connectivity index (χ1) is 14.5. The van der Waals surface area contributed by atoms with Crippen molar-refractivity contribution in [3.05, 3.63) is 65.7 Å². The summed E-state index contributed by atoms with van der Waals surface area (Å²) in [4.78, 5) is 26.9. The Labute approximate surface area is 175 Å². The number of ether oxygens (including phenoxy) is 2. The Hall–Kier alpha value is -3.54. The fourth-order valence-electron chi connectivity index (χ4n) is 3.71. The summed E-state index contributed by atoms with van der Waals surface area (Å²) in [6, 6.07) is 17.0. The molecule has 0 saturated carbocycles. The van der Waals surface area contributed by atoms with Crippen molar-refractivity contribution in [3.63, 3.8) is 0 Å². The summed E-state index contributed by atoms with van der Waals surface area (Å²) in [6.45, 7) is 4.20. The summed E-state index contributed by atoms with van der Waals surface area (Å²) in [5.74, 6) is 0.909. The van der Waals surface area contributed by atoms with Gasteiger partial charge in [0.15, 0.2) is 11.5 Å². The molecule has 0 unspecified atom stereocenters. The van der Waals surface area contributed by atoms with Crippen molar-refractivity contribution in [2.75, 3.05) is 18.6 Å². The van der Waals surface area contributed by atoms with Crippen LogP contribution in [0.1, 0.15) is 29.8 Å². The topological polar surface area (TPSA) is 67.9 Å². The highest BCUT2D eigenvalue weighted by Gasteiger charge is 2.30. The van der Waals surface area contributed by atoms with Crippen molar-refractivity contribution in [1.82, 2.24) is 5.32 Å². The van der Waals surface area contributed by atoms with Gasteiger partial charge in [0.25, 0.3) is 5.91 Å². The SMILES string of the molecule is COc1cc(CNC(=O)CN2C(=O)c3cccc4cccc2c34)ccc1OC(C)C. The summed E-state index contributed by atoms with van der Waals surface area (Å²) in [6.07, 6.45) is 0.0380. The van der Waals surface area contributed by atoms with Gasteiger partial charge < -0.3 is 14.8 Å². The third-order valence-electron chi connectivity index (χ3n) is 5.03. The zero-order chi connectivity index (χ0) is 21.3. The molecule has 2 amide bonds. The van der Waals surface area contributed by atoms with Gasteiger partial charge in [0.1, 0.15) is 6.54 Å². The van der Waals surface area contributed by atoms with Crippen LogP contribution in [0.25, 0.3) is 10.8 Å². The van der Waals surface area contributed by atoms with E-state index in [0.717, 1.165) is 22.0 Å². The second-order valence-corrected chi connectivity index (χ2v) is 7.50. The predicted molar refractivity (Wildman–Crippen MR) is 116 cm³/mol. The number of methoxy groups -OCH3 is 1. The van der Waals surface area contributed by atoms with E-state index in [0.29, 0.717) is 23.6 Å². The lowest BCUT2D eigenvalue weighted by Crippen LogP contribution is -2.38. The molecule has 0 spiro atoms. The third kappa shape index (κ3) is 3.68. The number of rotatable bonds is 7. The van der Waals surface area contributed by atoms with Crippen molar-refractivity contribution >= 4 is 28.3 Å². The molecule has 1 heterocycles. The molecule has 0 saturated heterocycles. The number of nitrogens with one attached hydrogen (secondary N) is 1. The smallest absolute Gasteiger partial charge is 0.259 e. The molecule has 1 N–H and O–H groups in total. The van der Waals surface area contributed by atoms with Gasteiger partial charge >= 0.3 is 0 Å². The fourth-order valence-corrected chi connectivity index (χ4v) is 3.71. The molecule has 0 radical (unpaired) electrons. The lowest BCUT2D eigenvalue weighted by atomic mass is 10.1. The van der Waals surface area contributed by atoms with Gasteiger partial charge in [-0.2, -0.15) is 0 Å². The monoisotopic (exact) mass is 404 g/mol. The number of hydrogen-bond acceptors (Lipinski definition) is 4. The van der Waals surface area contributed by atoms with E-state index in [1.807, 2.05) is 62.4 Å². The number of benzene rings is 3. The second kappa shape index (κ2) is 8.06. The van der Waals surface area contributed by atoms with E-state index in [2.05, 4.69) is 5.32 Å². The van der Waals surface area contributed by atoms with Gasteiger partial charge in [-0.1, -0.05) is 30.3 Å². The van der Waals surface area contributed by atoms with E-state index in [-0.39, 0.29) is 24.5 Å². The molecule has 3 aromatic carbocycles. The molecule has 1 aliphatic heterocycles. The molecule has 1 aliphatic rings. The fraction of sp³-hybridized carbons (Fsp3) is 0.250. The third-order valence-corrected chi connectivity index (χ3v) is 5.03. The quantitative estimate of drug-likeness (QED) is 0.648. The van der Waals surface area contributed by atoms with Crippen LogP contribution in [0.15, 0.2) is 54.6 Å². The van der Waals surface area contributed by atoms with Crippen LogP contribution < -0.4 is 19.7 Å². The lowest BCUT2D eigenvalue weighted by Gasteiger charge is -2.18. The van der Waals surface area contributed by atoms with Crippen LogP contribution in [-0.2, 0) is 11.3 Å². The van der Waals surface area contributed by atoms with Crippen LogP contribution in [0, 0.1) is 0 Å². The predicted octanol–water partition coefficient (Wildman–Crippen LogP) is 3.91. The number of hydrogen-bond donors (Lipinski definition) is 1. The van der Waals surface area contributed by atoms with Crippen LogP contribution in [0.2, 0.25) is 0 Å². The van der Waals surface area contributed by atoms with Gasteiger partial charge in [-0.3, -0.25) is 14.5 Å². The van der Waals surface area contributed by atoms with E-state index < -0.39 is 0 Å². The zero-order valence-corrected chi connectivity index (χ0v) is 17.3. The minimum absolute atomic E-state index is 0.0295. The maximum absolute atomic E-state index is 12.8. The van der Waals surface area contributed by atoms with Crippen LogP contribution in [0.5, 0.6) is 11.5 Å². The Bertz CT molecular complexity index is 1120. The van der Waals surface area contributed by atoms with E-state index in [4.69, 9.17) is 9.47 Å². The van der Waals surface area contributed by atoms with Crippen LogP contribution >= 0.6 is 0 Å². The number of anilines is 1. The minimum atomic E-state index is -0.227. The summed E-state index contributed by atoms with van der Waals surface area (Å²) < 4.78 is 11.1. The highest BCUT2D eigenvalue weighted by molar-refractivity contribution is 6.26. The molecule has 0 aromatic heterocycles. The van der Waals surface area contributed by atoms with Crippen molar-refractivity contribution in [1.29, 1.82) is 0 Å². The average Bonchev–Trinajstić information content (AvgIpc) is 3.00. The summed E-state index contributed by atoms with van der Waals surface area (Å²) in [5, 5.41) is 4.79. The summed E-state index contributed by atoms with van der Waals surface area (Å²) in [7, 11) is 1.59. The Morgan fingerprint density at radius 1 is 1.07 bits per heavy atom. The molecule has 0 fully saturated rings. The van der Waals surface area contributed by atoms with Crippen LogP contribution in [0.4, 0.5) is 5.69 Å². The molecule has 30 heavy (non-hydrogen) atoms. The lowest BCUT2D eigenvalue weighted by molar-refractivity contribution is -0.119. The molecule has 154 valence electrons. The first kappa shape index (κ1) is 19.8. The van der Waals surface area contributed by atoms with Gasteiger partial charge in [0.05, 0.1) is 18.9 Å². The largest absolute Gasteiger partial charge is 0.493 e. The Morgan fingerprint density at radius 2 is 1.83 bits per heavy atom. The number of amides is 2. The van der Waals surface area contributed by atoms with Crippen molar-refractivity contribution < 1.29 is 19.1 Å². The van der Waals surface area contributed by atoms with Crippen molar-refractivity contribution in [3.8, 4) is 11.5 Å². The van der Waals surface area contributed by atoms with E-state index in [1.165, 1.54) is 4.90 Å². The van der Waals surface area contributed by atoms with Crippen LogP contribution in [0.3, 0.4) is 0 Å². The van der Waals surface area contributed by atoms with Gasteiger partial charge in [-0.15, -0.1) is 0 Å². The normalized spacial score (nSPS) is 12.5. The zero-order valence-electron chi connectivity index (χ0n) is 17.3. The van der Waals surface area contributed by atoms with Gasteiger partial charge in [-0.05, 0) is 49.1 Å². The van der Waals surface area contributed by atoms with E-state index >= 15 is 0 Å². The second-order valence-electron chi connectivity index (χ2n) is 7.50. The number of carbonyl (C=O) groups excluding carboxylic acids is 2. The maximum Gasteiger partial charge on any atom is 0.259 e. The van der Waals surface area contributed by atoms with Crippen molar-refractivity contribution in [2.24, 2.45) is 0 Å². The van der Waals surface area contributed by atoms with E-state index in [9.17, 15) is 9.59 Å². The van der Waals surface area contributed by atoms with Gasteiger partial charge in [0, 0.05) is 17.5 Å². The molecular formula is C24H24N2O4. The summed E-state index contributed by atoms with van der Waals surface area (Å²) >= 11 is 0. The highest BCUT2D eigenvalue weighted by atomic mass is 16.5. The maximum atomic E-state index is 12.8. The molecular weight excluding hydrogens is 380 g/mol. The summed E-state index contributed by atoms with van der Waals surface area (Å²) in [5.41, 5.74) is 2.30. The first-order valence-corrected chi connectivity index (χ1v) is 9.92. The van der Waals surface area contributed by atoms with Crippen molar-refractivity contribution in [2.45, 2.75) is 26.5 Å². The molecule has 0 atom stereocenters. The number of carbonyl (C=O) groups is 2. The first-order valence-electron chi connectivity index (χ1n) is 9.92. The van der Waals surface area contributed by atoms with Gasteiger partial charge in [-0.25, -0.2) is 0 Å². The molecule has 0 aliphatic carbocycles. The molecule has 0 bridgehead atoms. The molecule has 3 aromatic rings. The van der Waals surface area contributed by atoms with E-state index in [1.54, 1.807) is 13.2 Å². The molecule has 6 heteroatoms. The Balaban J connectivity index is 1.44.